The number of hydrogen-bond donors (Lipinski definition) is 6. The van der Waals surface area contributed by atoms with Crippen molar-refractivity contribution in [3.8, 4) is 98.5 Å². The number of aryl methyl sites for hydroxylation is 1. The lowest BCUT2D eigenvalue weighted by atomic mass is 9.87. The molecule has 0 bridgehead atoms. The molecule has 12 rings (SSSR count). The zero-order chi connectivity index (χ0) is 82.5. The van der Waals surface area contributed by atoms with Gasteiger partial charge in [-0.15, -0.1) is 0 Å². The maximum Gasteiger partial charge on any atom is 0.263 e. The van der Waals surface area contributed by atoms with Gasteiger partial charge in [0, 0.05) is 44.3 Å². The Balaban J connectivity index is 0.000000184. The van der Waals surface area contributed by atoms with Crippen molar-refractivity contribution in [2.45, 2.75) is 42.5 Å². The van der Waals surface area contributed by atoms with Crippen LogP contribution < -0.4 is 63.3 Å². The van der Waals surface area contributed by atoms with Crippen LogP contribution in [0.4, 0.5) is 17.5 Å². The fraction of sp³-hybridized carbons (Fsp3) is 0.192. The van der Waals surface area contributed by atoms with Gasteiger partial charge < -0.3 is 47.7 Å². The van der Waals surface area contributed by atoms with Crippen molar-refractivity contribution in [2.75, 3.05) is 80.5 Å². The predicted molar refractivity (Wildman–Crippen MR) is 433 cm³/mol. The molecule has 0 unspecified atom stereocenters. The average molecular weight is 1650 g/mol. The van der Waals surface area contributed by atoms with Crippen LogP contribution in [0.1, 0.15) is 37.5 Å². The van der Waals surface area contributed by atoms with Crippen LogP contribution in [-0.2, 0) is 51.4 Å². The first-order valence-electron chi connectivity index (χ1n) is 34.9. The lowest BCUT2D eigenvalue weighted by Gasteiger charge is -2.20. The van der Waals surface area contributed by atoms with Crippen molar-refractivity contribution in [3.63, 3.8) is 0 Å². The fourth-order valence-electron chi connectivity index (χ4n) is 9.91. The van der Waals surface area contributed by atoms with E-state index in [1.54, 1.807) is 127 Å². The summed E-state index contributed by atoms with van der Waals surface area (Å²) in [4.78, 5) is 63.5. The molecule has 602 valence electrons. The Bertz CT molecular complexity index is 5640. The monoisotopic (exact) mass is 1650 g/mol. The van der Waals surface area contributed by atoms with Crippen LogP contribution in [0.5, 0.6) is 63.5 Å². The highest BCUT2D eigenvalue weighted by Crippen LogP contribution is 2.45. The predicted octanol–water partition coefficient (Wildman–Crippen LogP) is 11.2. The largest absolute Gasteiger partial charge is 0.493 e. The van der Waals surface area contributed by atoms with Gasteiger partial charge in [0.25, 0.3) is 31.8 Å². The van der Waals surface area contributed by atoms with Crippen molar-refractivity contribution in [1.82, 2.24) is 65.2 Å². The van der Waals surface area contributed by atoms with Crippen molar-refractivity contribution in [1.29, 1.82) is 0 Å². The highest BCUT2D eigenvalue weighted by molar-refractivity contribution is 8.00. The van der Waals surface area contributed by atoms with Crippen LogP contribution in [0.3, 0.4) is 0 Å². The second kappa shape index (κ2) is 41.1. The van der Waals surface area contributed by atoms with Gasteiger partial charge in [-0.2, -0.15) is 9.97 Å². The molecule has 6 aromatic carbocycles. The molecule has 7 N–H and O–H groups in total. The normalized spacial score (nSPS) is 11.3. The average Bonchev–Trinajstić information content (AvgIpc) is 0.800. The van der Waals surface area contributed by atoms with E-state index in [0.29, 0.717) is 35.0 Å². The van der Waals surface area contributed by atoms with Gasteiger partial charge in [0.15, 0.2) is 69.4 Å². The van der Waals surface area contributed by atoms with Crippen molar-refractivity contribution in [3.05, 3.63) is 235 Å². The van der Waals surface area contributed by atoms with Crippen LogP contribution in [0.2, 0.25) is 0 Å². The summed E-state index contributed by atoms with van der Waals surface area (Å²) >= 11 is 0.963. The van der Waals surface area contributed by atoms with Gasteiger partial charge in [0.2, 0.25) is 50.7 Å². The molecular formula is C78H79N17O17S4. The van der Waals surface area contributed by atoms with Gasteiger partial charge >= 0.3 is 0 Å². The molecule has 1 amide bonds. The summed E-state index contributed by atoms with van der Waals surface area (Å²) in [7, 11) is -6.14. The maximum atomic E-state index is 13.6. The van der Waals surface area contributed by atoms with Crippen LogP contribution in [0.25, 0.3) is 41.0 Å². The number of aromatic nitrogens is 12. The number of methoxy groups -OCH3 is 4. The molecule has 0 aliphatic carbocycles. The van der Waals surface area contributed by atoms with Gasteiger partial charge in [0.05, 0.1) is 56.4 Å². The van der Waals surface area contributed by atoms with Crippen molar-refractivity contribution < 1.29 is 77.8 Å². The number of sulfonamides is 3. The van der Waals surface area contributed by atoms with E-state index in [2.05, 4.69) is 79.4 Å². The number of para-hydroxylation sites is 6. The number of amides is 1. The van der Waals surface area contributed by atoms with Crippen molar-refractivity contribution >= 4 is 71.3 Å². The second-order valence-corrected chi connectivity index (χ2v) is 30.8. The molecule has 38 heteroatoms. The maximum absolute atomic E-state index is 13.6. The highest BCUT2D eigenvalue weighted by atomic mass is 32.2. The fourth-order valence-corrected chi connectivity index (χ4v) is 13.5. The first kappa shape index (κ1) is 85.3. The molecule has 34 nitrogen and oxygen atoms in total. The summed E-state index contributed by atoms with van der Waals surface area (Å²) in [6.45, 7) is 6.01. The van der Waals surface area contributed by atoms with E-state index in [4.69, 9.17) is 48.5 Å². The summed E-state index contributed by atoms with van der Waals surface area (Å²) in [5.41, 5.74) is 4.44. The third-order valence-electron chi connectivity index (χ3n) is 15.5. The number of ether oxygens (including phenoxy) is 9. The quantitative estimate of drug-likeness (QED) is 0.00545. The lowest BCUT2D eigenvalue weighted by Crippen LogP contribution is -2.31. The number of aliphatic hydroxyl groups is 1. The molecule has 0 saturated carbocycles. The third-order valence-corrected chi connectivity index (χ3v) is 20.0. The van der Waals surface area contributed by atoms with Gasteiger partial charge in [0.1, 0.15) is 18.2 Å². The van der Waals surface area contributed by atoms with E-state index >= 15 is 0 Å². The summed E-state index contributed by atoms with van der Waals surface area (Å²) in [6.07, 6.45) is 10.8. The molecule has 116 heavy (non-hydrogen) atoms. The molecule has 12 aromatic rings. The van der Waals surface area contributed by atoms with Crippen LogP contribution in [-0.4, -0.2) is 162 Å². The molecule has 0 radical (unpaired) electrons. The molecule has 0 fully saturated rings. The number of benzene rings is 6. The van der Waals surface area contributed by atoms with Gasteiger partial charge in [-0.05, 0) is 101 Å². The lowest BCUT2D eigenvalue weighted by molar-refractivity contribution is -0.118. The number of nitrogens with one attached hydrogen (secondary N) is 4. The van der Waals surface area contributed by atoms with Crippen molar-refractivity contribution in [2.24, 2.45) is 5.84 Å². The number of hydrazine groups is 1. The number of rotatable bonds is 34. The zero-order valence-electron chi connectivity index (χ0n) is 63.4. The molecule has 0 saturated heterocycles. The first-order valence-corrected chi connectivity index (χ1v) is 40.6. The van der Waals surface area contributed by atoms with Crippen LogP contribution in [0, 0.1) is 0 Å². The number of nitrogens with two attached hydrogens (primary N) is 1. The summed E-state index contributed by atoms with van der Waals surface area (Å²) in [5.74, 6) is 5.97. The Morgan fingerprint density at radius 3 is 1.34 bits per heavy atom. The molecular weight excluding hydrogens is 1580 g/mol. The van der Waals surface area contributed by atoms with E-state index in [9.17, 15) is 35.2 Å². The summed E-state index contributed by atoms with van der Waals surface area (Å²) in [5, 5.41) is 10.5. The molecule has 0 spiro atoms. The third kappa shape index (κ3) is 24.5. The Morgan fingerprint density at radius 2 is 0.897 bits per heavy atom. The SMILES string of the molecule is COCCOc1nc(-c2ncccn2)nc(NS(=O)(=O)CCc2ccccc2)c1Oc1ccccc1OC.COc1ccccc1Oc1c(NS(=O)(=O)/C=C/c2ccccc2)nc(-c2ncccn2)nc1OCCO.COc1ccccc1Oc1c(NS(=O)(=O)c2ccc(C(C)(C)C)cc2)nc(-c2ncccn2)nc1SCC(=O)NN. The van der Waals surface area contributed by atoms with E-state index in [1.807, 2.05) is 57.2 Å². The minimum atomic E-state index is -4.16. The Labute approximate surface area is 672 Å². The topological polar surface area (TPSA) is 452 Å². The van der Waals surface area contributed by atoms with Gasteiger partial charge in [-0.3, -0.25) is 24.4 Å². The highest BCUT2D eigenvalue weighted by Gasteiger charge is 2.30. The van der Waals surface area contributed by atoms with E-state index in [-0.39, 0.29) is 146 Å². The number of nitrogens with zero attached hydrogens (tertiary/aromatic N) is 12. The van der Waals surface area contributed by atoms with E-state index in [0.717, 1.165) is 28.3 Å². The second-order valence-electron chi connectivity index (χ2n) is 24.7. The van der Waals surface area contributed by atoms with E-state index in [1.165, 1.54) is 83.8 Å². The number of hydrogen-bond acceptors (Lipinski definition) is 31. The van der Waals surface area contributed by atoms with Crippen LogP contribution in [0.15, 0.2) is 228 Å². The molecule has 6 heterocycles. The number of thioether (sulfide) groups is 1. The Morgan fingerprint density at radius 1 is 0.474 bits per heavy atom. The molecule has 0 aliphatic heterocycles. The first-order chi connectivity index (χ1) is 56.0. The molecule has 0 aliphatic rings. The minimum absolute atomic E-state index is 0.00872. The number of carbonyl (C=O) groups is 1. The number of carbonyl (C=O) groups excluding carboxylic acids is 1. The molecule has 0 atom stereocenters. The van der Waals surface area contributed by atoms with Gasteiger partial charge in [-0.1, -0.05) is 142 Å². The summed E-state index contributed by atoms with van der Waals surface area (Å²) < 4.78 is 138. The smallest absolute Gasteiger partial charge is 0.263 e. The molecule has 6 aromatic heterocycles. The number of anilines is 3. The number of aliphatic hydroxyl groups excluding tert-OH is 1. The Hall–Kier alpha value is -13.1. The standard InChI is InChI=1S/C27H29N7O5S2.C26H27N5O6S.C25H23N5O6S/c1-27(2,3)17-10-12-18(13-11-17)41(36,37)34-23-22(39-20-9-6-5-8-19(20)38-4)26(40-16-21(35)33-28)32-25(31-23)24-29-14-7-15-30-24;1-34-16-17-36-26-22(37-21-12-7-6-11-20(21)35-2)23(29-25(30-26)24-27-14-8-15-28-24)31-38(32,33)18-13-19-9-4-3-5-10-19;1-34-19-10-5-6-11-20(19)36-21-22(30-37(32,33)17-12-18-8-3-2-4-9-18)28-24(23-26-13-7-14-27-23)29-25(21)35-16-15-31/h5-15H,16,28H2,1-4H3,(H,33,35)(H,31,32,34);3-12,14-15H,13,16-18H2,1-2H3,(H,29,30,31);2-14,17,31H,15-16H2,1H3,(H,28,29,30)/b;;17-12+. The zero-order valence-corrected chi connectivity index (χ0v) is 66.6. The minimum Gasteiger partial charge on any atom is -0.493 e. The van der Waals surface area contributed by atoms with E-state index < -0.39 is 36.0 Å². The van der Waals surface area contributed by atoms with Crippen LogP contribution >= 0.6 is 11.8 Å². The van der Waals surface area contributed by atoms with Gasteiger partial charge in [-0.25, -0.2) is 80.9 Å². The Kier molecular flexibility index (Phi) is 30.2. The summed E-state index contributed by atoms with van der Waals surface area (Å²) in [6, 6.07) is 50.1.